The number of nitrogens with zero attached hydrogens (tertiary/aromatic N) is 2. The van der Waals surface area contributed by atoms with Crippen molar-refractivity contribution in [2.45, 2.75) is 63.9 Å². The number of fused-ring (bicyclic) bond motifs is 1. The molecule has 3 aromatic carbocycles. The summed E-state index contributed by atoms with van der Waals surface area (Å²) in [5, 5.41) is 19.4. The molecule has 0 bridgehead atoms. The van der Waals surface area contributed by atoms with E-state index < -0.39 is 54.0 Å². The van der Waals surface area contributed by atoms with Gasteiger partial charge >= 0.3 is 6.09 Å². The van der Waals surface area contributed by atoms with Crippen LogP contribution in [0.2, 0.25) is 0 Å². The van der Waals surface area contributed by atoms with Crippen LogP contribution >= 0.6 is 0 Å². The molecule has 13 nitrogen and oxygen atoms in total. The molecule has 0 aliphatic carbocycles. The van der Waals surface area contributed by atoms with Gasteiger partial charge in [-0.25, -0.2) is 14.8 Å². The highest BCUT2D eigenvalue weighted by atomic mass is 16.6. The van der Waals surface area contributed by atoms with Gasteiger partial charge in [-0.3, -0.25) is 19.8 Å². The average molecular weight is 685 g/mol. The minimum Gasteiger partial charge on any atom is -0.497 e. The summed E-state index contributed by atoms with van der Waals surface area (Å²) >= 11 is 0. The molecule has 0 radical (unpaired) electrons. The second-order valence-corrected chi connectivity index (χ2v) is 12.8. The molecule has 3 atom stereocenters. The third-order valence-corrected chi connectivity index (χ3v) is 7.54. The number of aromatic nitrogens is 1. The van der Waals surface area contributed by atoms with Gasteiger partial charge in [0.25, 0.3) is 5.91 Å². The zero-order valence-electron chi connectivity index (χ0n) is 28.6. The monoisotopic (exact) mass is 684 g/mol. The summed E-state index contributed by atoms with van der Waals surface area (Å²) in [6.45, 7) is 5.23. The lowest BCUT2D eigenvalue weighted by Crippen LogP contribution is -2.57. The molecule has 1 heterocycles. The first-order valence-corrected chi connectivity index (χ1v) is 16.1. The molecule has 264 valence electrons. The number of pyridine rings is 1. The normalized spacial score (nSPS) is 13.2. The summed E-state index contributed by atoms with van der Waals surface area (Å²) in [6.07, 6.45) is -2.31. The number of carbonyl (C=O) groups excluding carboxylic acids is 4. The Labute approximate surface area is 291 Å². The summed E-state index contributed by atoms with van der Waals surface area (Å²) < 4.78 is 10.7. The number of aliphatic hydroxyl groups is 1. The van der Waals surface area contributed by atoms with Gasteiger partial charge in [0, 0.05) is 18.5 Å². The Bertz CT molecular complexity index is 1760. The van der Waals surface area contributed by atoms with Gasteiger partial charge in [0.1, 0.15) is 23.1 Å². The molecule has 0 aliphatic rings. The lowest BCUT2D eigenvalue weighted by molar-refractivity contribution is -0.128. The minimum atomic E-state index is -1.37. The first-order valence-electron chi connectivity index (χ1n) is 16.1. The molecule has 6 N–H and O–H groups in total. The van der Waals surface area contributed by atoms with Gasteiger partial charge in [0.2, 0.25) is 11.8 Å². The number of amides is 4. The van der Waals surface area contributed by atoms with E-state index in [9.17, 15) is 24.3 Å². The van der Waals surface area contributed by atoms with Crippen molar-refractivity contribution >= 4 is 34.7 Å². The zero-order valence-corrected chi connectivity index (χ0v) is 28.6. The molecule has 0 spiro atoms. The summed E-state index contributed by atoms with van der Waals surface area (Å²) in [6, 6.07) is 24.6. The Morgan fingerprint density at radius 3 is 2.22 bits per heavy atom. The standard InChI is InChI=1S/C37H44N6O7/c1-37(2,3)50-36(48)42-43(22-25-14-17-27(49-4)18-15-25)23-32(44)30(20-24-10-6-5-7-11-24)40-35(47)31(21-33(38)45)41-34(46)29-19-16-26-12-8-9-13-28(26)39-29/h5-19,30-32,44H,20-23H2,1-4H3,(H2,38,45)(H,40,47)(H,41,46)(H,42,48)/t30-,31-,32-/m0/s1. The number of hydrazine groups is 1. The van der Waals surface area contributed by atoms with Crippen LogP contribution in [0.3, 0.4) is 0 Å². The maximum absolute atomic E-state index is 13.8. The van der Waals surface area contributed by atoms with Crippen molar-refractivity contribution in [1.82, 2.24) is 26.1 Å². The molecule has 1 aromatic heterocycles. The van der Waals surface area contributed by atoms with E-state index in [4.69, 9.17) is 15.2 Å². The first-order chi connectivity index (χ1) is 23.8. The van der Waals surface area contributed by atoms with Gasteiger partial charge in [0.15, 0.2) is 0 Å². The van der Waals surface area contributed by atoms with E-state index in [1.807, 2.05) is 54.6 Å². The molecule has 0 unspecified atom stereocenters. The van der Waals surface area contributed by atoms with E-state index in [1.54, 1.807) is 58.2 Å². The highest BCUT2D eigenvalue weighted by molar-refractivity contribution is 5.99. The molecule has 4 rings (SSSR count). The molecular weight excluding hydrogens is 640 g/mol. The number of para-hydroxylation sites is 1. The van der Waals surface area contributed by atoms with Crippen LogP contribution in [-0.2, 0) is 27.3 Å². The van der Waals surface area contributed by atoms with Crippen LogP contribution in [0.1, 0.15) is 48.8 Å². The van der Waals surface area contributed by atoms with Crippen LogP contribution in [0.25, 0.3) is 10.9 Å². The van der Waals surface area contributed by atoms with E-state index in [0.29, 0.717) is 11.3 Å². The second-order valence-electron chi connectivity index (χ2n) is 12.8. The first kappa shape index (κ1) is 37.3. The third kappa shape index (κ3) is 11.6. The third-order valence-electron chi connectivity index (χ3n) is 7.54. The number of primary amides is 1. The van der Waals surface area contributed by atoms with Crippen molar-refractivity contribution in [1.29, 1.82) is 0 Å². The molecule has 0 fully saturated rings. The maximum atomic E-state index is 13.8. The fraction of sp³-hybridized carbons (Fsp3) is 0.324. The van der Waals surface area contributed by atoms with Crippen molar-refractivity contribution in [2.75, 3.05) is 13.7 Å². The van der Waals surface area contributed by atoms with E-state index in [1.165, 1.54) is 11.1 Å². The Morgan fingerprint density at radius 2 is 1.56 bits per heavy atom. The van der Waals surface area contributed by atoms with E-state index >= 15 is 0 Å². The van der Waals surface area contributed by atoms with Crippen molar-refractivity contribution in [3.8, 4) is 5.75 Å². The van der Waals surface area contributed by atoms with Crippen LogP contribution < -0.4 is 26.5 Å². The van der Waals surface area contributed by atoms with E-state index in [-0.39, 0.29) is 25.2 Å². The van der Waals surface area contributed by atoms with Gasteiger partial charge in [-0.2, -0.15) is 0 Å². The smallest absolute Gasteiger partial charge is 0.422 e. The molecule has 0 saturated carbocycles. The topological polar surface area (TPSA) is 185 Å². The molecule has 0 saturated heterocycles. The number of nitrogens with two attached hydrogens (primary N) is 1. The molecular formula is C37H44N6O7. The quantitative estimate of drug-likeness (QED) is 0.117. The fourth-order valence-corrected chi connectivity index (χ4v) is 5.15. The lowest BCUT2D eigenvalue weighted by atomic mass is 10.00. The van der Waals surface area contributed by atoms with Crippen LogP contribution in [0.15, 0.2) is 91.0 Å². The lowest BCUT2D eigenvalue weighted by Gasteiger charge is -2.32. The van der Waals surface area contributed by atoms with Crippen molar-refractivity contribution in [3.63, 3.8) is 0 Å². The minimum absolute atomic E-state index is 0.0502. The summed E-state index contributed by atoms with van der Waals surface area (Å²) in [5.74, 6) is -1.58. The molecule has 13 heteroatoms. The van der Waals surface area contributed by atoms with Gasteiger partial charge in [-0.05, 0) is 62.6 Å². The second kappa shape index (κ2) is 17.2. The summed E-state index contributed by atoms with van der Waals surface area (Å²) in [7, 11) is 1.56. The summed E-state index contributed by atoms with van der Waals surface area (Å²) in [5.41, 5.74) is 9.64. The van der Waals surface area contributed by atoms with Crippen LogP contribution in [0, 0.1) is 0 Å². The molecule has 4 amide bonds. The van der Waals surface area contributed by atoms with Crippen LogP contribution in [0.4, 0.5) is 4.79 Å². The van der Waals surface area contributed by atoms with Gasteiger partial charge < -0.3 is 30.9 Å². The number of methoxy groups -OCH3 is 1. The summed E-state index contributed by atoms with van der Waals surface area (Å²) in [4.78, 5) is 56.2. The number of rotatable bonds is 15. The van der Waals surface area contributed by atoms with Crippen molar-refractivity contribution in [3.05, 3.63) is 108 Å². The van der Waals surface area contributed by atoms with Gasteiger partial charge in [-0.1, -0.05) is 66.7 Å². The molecule has 0 aliphatic heterocycles. The van der Waals surface area contributed by atoms with Crippen LogP contribution in [0.5, 0.6) is 5.75 Å². The number of benzene rings is 3. The number of carbonyl (C=O) groups is 4. The van der Waals surface area contributed by atoms with E-state index in [2.05, 4.69) is 21.0 Å². The zero-order chi connectivity index (χ0) is 36.3. The highest BCUT2D eigenvalue weighted by Gasteiger charge is 2.31. The average Bonchev–Trinajstić information content (AvgIpc) is 3.07. The number of ether oxygens (including phenoxy) is 2. The Kier molecular flexibility index (Phi) is 12.8. The highest BCUT2D eigenvalue weighted by Crippen LogP contribution is 2.16. The van der Waals surface area contributed by atoms with Crippen LogP contribution in [-0.4, -0.2) is 76.4 Å². The number of hydrogen-bond acceptors (Lipinski definition) is 9. The molecule has 50 heavy (non-hydrogen) atoms. The van der Waals surface area contributed by atoms with Gasteiger partial charge in [-0.15, -0.1) is 0 Å². The van der Waals surface area contributed by atoms with E-state index in [0.717, 1.165) is 16.5 Å². The number of hydrogen-bond donors (Lipinski definition) is 5. The van der Waals surface area contributed by atoms with Gasteiger partial charge in [0.05, 0.1) is 31.2 Å². The number of nitrogens with one attached hydrogen (secondary N) is 3. The molecule has 4 aromatic rings. The Balaban J connectivity index is 1.56. The van der Waals surface area contributed by atoms with Crippen molar-refractivity contribution < 1.29 is 33.8 Å². The number of aliphatic hydroxyl groups excluding tert-OH is 1. The van der Waals surface area contributed by atoms with Crippen molar-refractivity contribution in [2.24, 2.45) is 5.73 Å². The largest absolute Gasteiger partial charge is 0.497 e. The predicted molar refractivity (Wildman–Crippen MR) is 188 cm³/mol. The Morgan fingerprint density at radius 1 is 0.880 bits per heavy atom. The fourth-order valence-electron chi connectivity index (χ4n) is 5.15. The Hall–Kier alpha value is -5.53. The predicted octanol–water partition coefficient (Wildman–Crippen LogP) is 3.25. The SMILES string of the molecule is COc1ccc(CN(C[C@H](O)[C@H](Cc2ccccc2)NC(=O)[C@H](CC(N)=O)NC(=O)c2ccc3ccccc3n2)NC(=O)OC(C)(C)C)cc1. The maximum Gasteiger partial charge on any atom is 0.422 e.